The van der Waals surface area contributed by atoms with Crippen LogP contribution in [-0.2, 0) is 38.4 Å². The third-order valence-corrected chi connectivity index (χ3v) is 7.49. The van der Waals surface area contributed by atoms with Crippen molar-refractivity contribution in [2.45, 2.75) is 49.9 Å². The quantitative estimate of drug-likeness (QED) is 0.0291. The number of hydrogen-bond acceptors (Lipinski definition) is 14. The Morgan fingerprint density at radius 3 is 1.22 bits per heavy atom. The molecule has 0 heterocycles. The Labute approximate surface area is 277 Å². The Morgan fingerprint density at radius 1 is 0.667 bits per heavy atom. The molecular weight excluding hydrogens is 686 g/mol. The lowest BCUT2D eigenvalue weighted by Crippen LogP contribution is -2.50. The van der Waals surface area contributed by atoms with Gasteiger partial charge in [-0.1, -0.05) is 21.6 Å². The average molecular weight is 726 g/mol. The van der Waals surface area contributed by atoms with E-state index in [-0.39, 0.29) is 49.6 Å². The average Bonchev–Trinajstić information content (AvgIpc) is 2.96. The van der Waals surface area contributed by atoms with Crippen molar-refractivity contribution in [2.24, 2.45) is 17.2 Å². The molecule has 23 heteroatoms. The van der Waals surface area contributed by atoms with Gasteiger partial charge in [0.25, 0.3) is 0 Å². The fourth-order valence-corrected chi connectivity index (χ4v) is 4.85. The number of carbonyl (C=O) groups is 8. The number of amides is 4. The maximum absolute atomic E-state index is 12.4. The molecular formula is C22H40ClN7O12S3. The monoisotopic (exact) mass is 725 g/mol. The van der Waals surface area contributed by atoms with Crippen LogP contribution in [0.15, 0.2) is 0 Å². The largest absolute Gasteiger partial charge is 0.480 e. The molecule has 0 spiro atoms. The van der Waals surface area contributed by atoms with Crippen molar-refractivity contribution in [1.29, 1.82) is 0 Å². The summed E-state index contributed by atoms with van der Waals surface area (Å²) in [5.74, 6) is -8.02. The lowest BCUT2D eigenvalue weighted by molar-refractivity contribution is -0.140. The molecule has 260 valence electrons. The van der Waals surface area contributed by atoms with E-state index in [4.69, 9.17) is 37.6 Å². The molecule has 0 saturated heterocycles. The normalized spacial score (nSPS) is 12.7. The summed E-state index contributed by atoms with van der Waals surface area (Å²) in [5, 5.41) is 44.1. The summed E-state index contributed by atoms with van der Waals surface area (Å²) in [6, 6.07) is -5.16. The Balaban J connectivity index is -0.00000331. The van der Waals surface area contributed by atoms with Crippen LogP contribution in [0.4, 0.5) is 0 Å². The molecule has 4 atom stereocenters. The van der Waals surface area contributed by atoms with Crippen molar-refractivity contribution >= 4 is 94.1 Å². The summed E-state index contributed by atoms with van der Waals surface area (Å²) in [6.45, 7) is -0.796. The number of rotatable bonds is 22. The zero-order valence-electron chi connectivity index (χ0n) is 23.8. The van der Waals surface area contributed by atoms with Gasteiger partial charge in [0.15, 0.2) is 0 Å². The van der Waals surface area contributed by atoms with Crippen LogP contribution in [0.3, 0.4) is 0 Å². The molecule has 0 aromatic rings. The topological polar surface area (TPSA) is 344 Å². The Bertz CT molecular complexity index is 923. The molecule has 0 radical (unpaired) electrons. The van der Waals surface area contributed by atoms with Crippen molar-refractivity contribution in [3.63, 3.8) is 0 Å². The van der Waals surface area contributed by atoms with E-state index >= 15 is 0 Å². The van der Waals surface area contributed by atoms with Gasteiger partial charge in [-0.05, 0) is 12.8 Å². The summed E-state index contributed by atoms with van der Waals surface area (Å²) in [6.07, 6.45) is -1.12. The van der Waals surface area contributed by atoms with Crippen molar-refractivity contribution in [3.05, 3.63) is 0 Å². The second-order valence-corrected chi connectivity index (χ2v) is 11.5. The van der Waals surface area contributed by atoms with E-state index in [1.807, 2.05) is 0 Å². The van der Waals surface area contributed by atoms with Gasteiger partial charge < -0.3 is 58.9 Å². The highest BCUT2D eigenvalue weighted by Crippen LogP contribution is 2.23. The molecule has 0 aliphatic rings. The first-order valence-electron chi connectivity index (χ1n) is 12.6. The number of nitrogens with two attached hydrogens (primary N) is 3. The minimum atomic E-state index is -1.34. The molecule has 0 saturated carbocycles. The number of nitrogens with one attached hydrogen (secondary N) is 4. The SMILES string of the molecule is Cl.NCCS.N[C@@H](CCC(=O)N[C@@H](CSSC[C@H](NC(=O)CC[C@H](N)C(=O)O)C(=O)NCC(=O)O)C(=O)NCC(=O)O)C(=O)O. The van der Waals surface area contributed by atoms with Gasteiger partial charge in [0.1, 0.15) is 37.3 Å². The van der Waals surface area contributed by atoms with E-state index in [9.17, 15) is 38.4 Å². The summed E-state index contributed by atoms with van der Waals surface area (Å²) < 4.78 is 0. The van der Waals surface area contributed by atoms with Gasteiger partial charge in [-0.25, -0.2) is 0 Å². The smallest absolute Gasteiger partial charge is 0.322 e. The second-order valence-electron chi connectivity index (χ2n) is 8.51. The van der Waals surface area contributed by atoms with Gasteiger partial charge in [0.2, 0.25) is 23.6 Å². The zero-order valence-corrected chi connectivity index (χ0v) is 27.2. The van der Waals surface area contributed by atoms with Crippen LogP contribution in [-0.4, -0.2) is 129 Å². The maximum atomic E-state index is 12.4. The molecule has 0 aromatic carbocycles. The predicted octanol–water partition coefficient (Wildman–Crippen LogP) is -3.58. The Morgan fingerprint density at radius 2 is 0.978 bits per heavy atom. The van der Waals surface area contributed by atoms with Gasteiger partial charge in [-0.2, -0.15) is 12.6 Å². The van der Waals surface area contributed by atoms with E-state index in [1.54, 1.807) is 0 Å². The fraction of sp³-hybridized carbons (Fsp3) is 0.636. The number of carbonyl (C=O) groups excluding carboxylic acids is 4. The molecule has 0 aromatic heterocycles. The summed E-state index contributed by atoms with van der Waals surface area (Å²) in [5.41, 5.74) is 15.6. The molecule has 45 heavy (non-hydrogen) atoms. The van der Waals surface area contributed by atoms with Gasteiger partial charge in [0.05, 0.1) is 0 Å². The predicted molar refractivity (Wildman–Crippen MR) is 170 cm³/mol. The van der Waals surface area contributed by atoms with Gasteiger partial charge in [-0.3, -0.25) is 38.4 Å². The summed E-state index contributed by atoms with van der Waals surface area (Å²) in [7, 11) is 1.89. The van der Waals surface area contributed by atoms with Gasteiger partial charge in [0, 0.05) is 36.6 Å². The van der Waals surface area contributed by atoms with E-state index in [1.165, 1.54) is 0 Å². The summed E-state index contributed by atoms with van der Waals surface area (Å²) >= 11 is 3.80. The van der Waals surface area contributed by atoms with Crippen LogP contribution in [0, 0.1) is 0 Å². The molecule has 0 bridgehead atoms. The third-order valence-electron chi connectivity index (χ3n) is 4.81. The van der Waals surface area contributed by atoms with E-state index in [0.717, 1.165) is 27.3 Å². The molecule has 19 nitrogen and oxygen atoms in total. The first-order valence-corrected chi connectivity index (χ1v) is 15.8. The minimum Gasteiger partial charge on any atom is -0.480 e. The van der Waals surface area contributed by atoms with E-state index in [2.05, 4.69) is 33.9 Å². The van der Waals surface area contributed by atoms with Crippen molar-refractivity contribution in [2.75, 3.05) is 36.9 Å². The van der Waals surface area contributed by atoms with Gasteiger partial charge in [-0.15, -0.1) is 12.4 Å². The highest BCUT2D eigenvalue weighted by molar-refractivity contribution is 8.76. The van der Waals surface area contributed by atoms with Crippen LogP contribution in [0.5, 0.6) is 0 Å². The number of halogens is 1. The van der Waals surface area contributed by atoms with E-state index < -0.39 is 84.8 Å². The molecule has 0 fully saturated rings. The highest BCUT2D eigenvalue weighted by atomic mass is 35.5. The standard InChI is InChI=1S/C20H32N6O12S2.C2H7NS.ClH/c21-9(19(35)36)1-3-13(27)25-11(17(33)23-5-15(29)30)7-39-40-8-12(18(34)24-6-16(31)32)26-14(28)4-2-10(22)20(37)38;3-1-2-4;/h9-12H,1-8,21-22H2,(H,23,33)(H,24,34)(H,25,27)(H,26,28)(H,29,30)(H,31,32)(H,35,36)(H,37,38);4H,1-3H2;1H/t9-,10-,11-,12-;;/m0../s1. The lowest BCUT2D eigenvalue weighted by atomic mass is 10.1. The fourth-order valence-electron chi connectivity index (χ4n) is 2.52. The van der Waals surface area contributed by atoms with Crippen LogP contribution in [0.2, 0.25) is 0 Å². The maximum Gasteiger partial charge on any atom is 0.322 e. The number of hydrogen-bond donors (Lipinski definition) is 12. The van der Waals surface area contributed by atoms with Crippen molar-refractivity contribution in [3.8, 4) is 0 Å². The zero-order chi connectivity index (χ0) is 34.2. The number of carboxylic acids is 4. The van der Waals surface area contributed by atoms with Crippen LogP contribution in [0.25, 0.3) is 0 Å². The Hall–Kier alpha value is -3.02. The third kappa shape index (κ3) is 26.0. The van der Waals surface area contributed by atoms with Crippen molar-refractivity contribution < 1.29 is 58.8 Å². The summed E-state index contributed by atoms with van der Waals surface area (Å²) in [4.78, 5) is 92.3. The number of aliphatic carboxylic acids is 4. The molecule has 0 unspecified atom stereocenters. The minimum absolute atomic E-state index is 0. The molecule has 14 N–H and O–H groups in total. The highest BCUT2D eigenvalue weighted by Gasteiger charge is 2.25. The van der Waals surface area contributed by atoms with Crippen molar-refractivity contribution in [1.82, 2.24) is 21.3 Å². The van der Waals surface area contributed by atoms with Crippen LogP contribution in [0.1, 0.15) is 25.7 Å². The number of thiol groups is 1. The van der Waals surface area contributed by atoms with Crippen LogP contribution >= 0.6 is 46.6 Å². The Kier molecular flexibility index (Phi) is 28.2. The van der Waals surface area contributed by atoms with Gasteiger partial charge >= 0.3 is 23.9 Å². The van der Waals surface area contributed by atoms with Crippen LogP contribution < -0.4 is 38.5 Å². The van der Waals surface area contributed by atoms with E-state index in [0.29, 0.717) is 6.54 Å². The molecule has 0 rings (SSSR count). The first-order chi connectivity index (χ1) is 20.5. The molecule has 0 aliphatic heterocycles. The second kappa shape index (κ2) is 27.3. The molecule has 4 amide bonds. The first kappa shape index (κ1) is 46.4. The molecule has 0 aliphatic carbocycles. The number of carboxylic acid groups (broad SMARTS) is 4. The lowest BCUT2D eigenvalue weighted by Gasteiger charge is -2.20.